The molecule has 0 aromatic heterocycles. The Hall–Kier alpha value is -1.79. The first-order chi connectivity index (χ1) is 14.2. The molecule has 0 unspecified atom stereocenters. The summed E-state index contributed by atoms with van der Waals surface area (Å²) in [7, 11) is 0. The molecule has 1 N–H and O–H groups in total. The first-order valence-corrected chi connectivity index (χ1v) is 10.7. The second kappa shape index (κ2) is 11.4. The minimum absolute atomic E-state index is 0.462. The molecule has 5 nitrogen and oxygen atoms in total. The van der Waals surface area contributed by atoms with Crippen LogP contribution in [0.25, 0.3) is 0 Å². The van der Waals surface area contributed by atoms with Gasteiger partial charge in [0.2, 0.25) is 0 Å². The number of nitrogens with one attached hydrogen (secondary N) is 1. The highest BCUT2D eigenvalue weighted by Gasteiger charge is 2.14. The zero-order chi connectivity index (χ0) is 20.5. The second-order valence-electron chi connectivity index (χ2n) is 7.18. The molecule has 1 aliphatic heterocycles. The largest absolute Gasteiger partial charge is 0.490 e. The Morgan fingerprint density at radius 1 is 1.14 bits per heavy atom. The van der Waals surface area contributed by atoms with Crippen molar-refractivity contribution in [1.82, 2.24) is 10.2 Å². The van der Waals surface area contributed by atoms with Gasteiger partial charge in [-0.3, -0.25) is 4.90 Å². The average molecular weight is 419 g/mol. The summed E-state index contributed by atoms with van der Waals surface area (Å²) in [5, 5.41) is 4.07. The van der Waals surface area contributed by atoms with Crippen LogP contribution in [0.1, 0.15) is 23.6 Å². The molecule has 158 valence electrons. The Labute approximate surface area is 178 Å². The zero-order valence-corrected chi connectivity index (χ0v) is 18.1. The molecule has 1 fully saturated rings. The van der Waals surface area contributed by atoms with Gasteiger partial charge >= 0.3 is 0 Å². The predicted molar refractivity (Wildman–Crippen MR) is 117 cm³/mol. The Morgan fingerprint density at radius 2 is 1.93 bits per heavy atom. The quantitative estimate of drug-likeness (QED) is 0.589. The number of nitrogens with zero attached hydrogens (tertiary/aromatic N) is 1. The summed E-state index contributed by atoms with van der Waals surface area (Å²) < 4.78 is 17.3. The number of rotatable bonds is 10. The number of morpholine rings is 1. The fourth-order valence-electron chi connectivity index (χ4n) is 3.34. The van der Waals surface area contributed by atoms with Crippen molar-refractivity contribution in [3.63, 3.8) is 0 Å². The van der Waals surface area contributed by atoms with E-state index >= 15 is 0 Å². The lowest BCUT2D eigenvalue weighted by molar-refractivity contribution is 0.0384. The molecule has 0 atom stereocenters. The van der Waals surface area contributed by atoms with Gasteiger partial charge in [-0.2, -0.15) is 0 Å². The maximum Gasteiger partial charge on any atom is 0.180 e. The highest BCUT2D eigenvalue weighted by Crippen LogP contribution is 2.37. The molecular weight excluding hydrogens is 388 g/mol. The highest BCUT2D eigenvalue weighted by atomic mass is 35.5. The molecule has 0 aliphatic carbocycles. The van der Waals surface area contributed by atoms with Crippen LogP contribution < -0.4 is 14.8 Å². The van der Waals surface area contributed by atoms with Gasteiger partial charge in [-0.15, -0.1) is 0 Å². The molecular formula is C23H31ClN2O3. The molecule has 29 heavy (non-hydrogen) atoms. The lowest BCUT2D eigenvalue weighted by atomic mass is 10.1. The summed E-state index contributed by atoms with van der Waals surface area (Å²) in [6, 6.07) is 12.2. The van der Waals surface area contributed by atoms with Gasteiger partial charge in [0, 0.05) is 32.7 Å². The van der Waals surface area contributed by atoms with Crippen molar-refractivity contribution in [3.05, 3.63) is 58.1 Å². The molecule has 2 aromatic carbocycles. The third-order valence-corrected chi connectivity index (χ3v) is 5.32. The molecule has 0 spiro atoms. The summed E-state index contributed by atoms with van der Waals surface area (Å²) in [5.74, 6) is 1.30. The first kappa shape index (κ1) is 21.9. The van der Waals surface area contributed by atoms with Gasteiger partial charge in [-0.1, -0.05) is 35.9 Å². The van der Waals surface area contributed by atoms with Crippen LogP contribution in [0.2, 0.25) is 5.02 Å². The SMILES string of the molecule is CCOc1cc(CNCCN2CCOCC2)cc(Cl)c1OCc1ccccc1C. The van der Waals surface area contributed by atoms with Crippen molar-refractivity contribution in [3.8, 4) is 11.5 Å². The van der Waals surface area contributed by atoms with Crippen LogP contribution in [0.15, 0.2) is 36.4 Å². The monoisotopic (exact) mass is 418 g/mol. The van der Waals surface area contributed by atoms with Crippen LogP contribution in [-0.4, -0.2) is 50.9 Å². The van der Waals surface area contributed by atoms with Crippen LogP contribution in [0.4, 0.5) is 0 Å². The summed E-state index contributed by atoms with van der Waals surface area (Å²) in [6.07, 6.45) is 0. The Morgan fingerprint density at radius 3 is 2.69 bits per heavy atom. The zero-order valence-electron chi connectivity index (χ0n) is 17.4. The van der Waals surface area contributed by atoms with Gasteiger partial charge in [0.15, 0.2) is 11.5 Å². The van der Waals surface area contributed by atoms with E-state index in [1.54, 1.807) is 0 Å². The number of hydrogen-bond donors (Lipinski definition) is 1. The van der Waals surface area contributed by atoms with Gasteiger partial charge in [0.25, 0.3) is 0 Å². The Bertz CT molecular complexity index is 779. The minimum atomic E-state index is 0.462. The number of aryl methyl sites for hydroxylation is 1. The Kier molecular flexibility index (Phi) is 8.62. The maximum absolute atomic E-state index is 6.56. The van der Waals surface area contributed by atoms with Crippen molar-refractivity contribution in [1.29, 1.82) is 0 Å². The van der Waals surface area contributed by atoms with Crippen molar-refractivity contribution < 1.29 is 14.2 Å². The smallest absolute Gasteiger partial charge is 0.180 e. The topological polar surface area (TPSA) is 43.0 Å². The van der Waals surface area contributed by atoms with Crippen molar-refractivity contribution in [2.24, 2.45) is 0 Å². The number of halogens is 1. The molecule has 6 heteroatoms. The Balaban J connectivity index is 1.58. The molecule has 3 rings (SSSR count). The van der Waals surface area contributed by atoms with E-state index in [0.717, 1.165) is 57.1 Å². The van der Waals surface area contributed by atoms with E-state index in [9.17, 15) is 0 Å². The summed E-state index contributed by atoms with van der Waals surface area (Å²) in [5.41, 5.74) is 3.42. The van der Waals surface area contributed by atoms with Gasteiger partial charge in [0.05, 0.1) is 24.8 Å². The lowest BCUT2D eigenvalue weighted by Gasteiger charge is -2.26. The molecule has 1 heterocycles. The first-order valence-electron chi connectivity index (χ1n) is 10.3. The van der Waals surface area contributed by atoms with Crippen molar-refractivity contribution in [2.75, 3.05) is 46.0 Å². The molecule has 0 radical (unpaired) electrons. The van der Waals surface area contributed by atoms with E-state index in [1.807, 2.05) is 31.2 Å². The van der Waals surface area contributed by atoms with Crippen LogP contribution >= 0.6 is 11.6 Å². The fourth-order valence-corrected chi connectivity index (χ4v) is 3.63. The van der Waals surface area contributed by atoms with Crippen LogP contribution in [0.5, 0.6) is 11.5 Å². The molecule has 0 bridgehead atoms. The minimum Gasteiger partial charge on any atom is -0.490 e. The van der Waals surface area contributed by atoms with Crippen LogP contribution in [0.3, 0.4) is 0 Å². The molecule has 2 aromatic rings. The number of ether oxygens (including phenoxy) is 3. The van der Waals surface area contributed by atoms with Crippen LogP contribution in [0, 0.1) is 6.92 Å². The van der Waals surface area contributed by atoms with E-state index in [2.05, 4.69) is 29.3 Å². The standard InChI is InChI=1S/C23H31ClN2O3/c1-3-28-22-15-19(16-25-8-9-26-10-12-27-13-11-26)14-21(24)23(22)29-17-20-7-5-4-6-18(20)2/h4-7,14-15,25H,3,8-13,16-17H2,1-2H3. The normalized spacial score (nSPS) is 14.7. The number of benzene rings is 2. The van der Waals surface area contributed by atoms with Crippen molar-refractivity contribution >= 4 is 11.6 Å². The van der Waals surface area contributed by atoms with Gasteiger partial charge in [-0.25, -0.2) is 0 Å². The van der Waals surface area contributed by atoms with E-state index < -0.39 is 0 Å². The molecule has 0 saturated carbocycles. The van der Waals surface area contributed by atoms with Gasteiger partial charge < -0.3 is 19.5 Å². The molecule has 0 amide bonds. The molecule has 1 saturated heterocycles. The molecule has 1 aliphatic rings. The third kappa shape index (κ3) is 6.61. The van der Waals surface area contributed by atoms with Gasteiger partial charge in [0.1, 0.15) is 6.61 Å². The summed E-state index contributed by atoms with van der Waals surface area (Å²) in [4.78, 5) is 2.41. The summed E-state index contributed by atoms with van der Waals surface area (Å²) >= 11 is 6.56. The van der Waals surface area contributed by atoms with Crippen LogP contribution in [-0.2, 0) is 17.9 Å². The summed E-state index contributed by atoms with van der Waals surface area (Å²) in [6.45, 7) is 11.4. The third-order valence-electron chi connectivity index (χ3n) is 5.04. The van der Waals surface area contributed by atoms with Gasteiger partial charge in [-0.05, 0) is 42.7 Å². The predicted octanol–water partition coefficient (Wildman–Crippen LogP) is 4.05. The van der Waals surface area contributed by atoms with E-state index in [-0.39, 0.29) is 0 Å². The highest BCUT2D eigenvalue weighted by molar-refractivity contribution is 6.32. The fraction of sp³-hybridized carbons (Fsp3) is 0.478. The number of hydrogen-bond acceptors (Lipinski definition) is 5. The average Bonchev–Trinajstić information content (AvgIpc) is 2.73. The maximum atomic E-state index is 6.56. The second-order valence-corrected chi connectivity index (χ2v) is 7.59. The lowest BCUT2D eigenvalue weighted by Crippen LogP contribution is -2.40. The van der Waals surface area contributed by atoms with E-state index in [1.165, 1.54) is 5.56 Å². The van der Waals surface area contributed by atoms with E-state index in [0.29, 0.717) is 29.7 Å². The van der Waals surface area contributed by atoms with E-state index in [4.69, 9.17) is 25.8 Å². The van der Waals surface area contributed by atoms with Crippen molar-refractivity contribution in [2.45, 2.75) is 27.0 Å².